The van der Waals surface area contributed by atoms with Gasteiger partial charge in [0.2, 0.25) is 11.8 Å². The van der Waals surface area contributed by atoms with E-state index in [1.54, 1.807) is 7.11 Å². The number of fused-ring (bicyclic) bond motifs is 6. The number of carbonyl (C=O) groups excluding carboxylic acids is 4. The van der Waals surface area contributed by atoms with Crippen LogP contribution in [0.25, 0.3) is 44.2 Å². The third-order valence-electron chi connectivity index (χ3n) is 13.6. The fourth-order valence-electron chi connectivity index (χ4n) is 9.71. The number of benzene rings is 3. The molecule has 2 saturated heterocycles. The van der Waals surface area contributed by atoms with Crippen LogP contribution in [0.5, 0.6) is 5.75 Å². The molecule has 64 heavy (non-hydrogen) atoms. The topological polar surface area (TPSA) is 193 Å². The number of likely N-dealkylation sites (tertiary alicyclic amines) is 2. The molecule has 8 atom stereocenters. The van der Waals surface area contributed by atoms with Crippen LogP contribution in [0.1, 0.15) is 89.6 Å². The lowest BCUT2D eigenvalue weighted by molar-refractivity contribution is -0.136. The minimum atomic E-state index is -0.748. The number of rotatable bonds is 13. The van der Waals surface area contributed by atoms with E-state index in [1.807, 2.05) is 49.8 Å². The van der Waals surface area contributed by atoms with Crippen LogP contribution in [0, 0.1) is 23.7 Å². The molecule has 16 heteroatoms. The lowest BCUT2D eigenvalue weighted by Gasteiger charge is -2.30. The maximum absolute atomic E-state index is 14.2. The summed E-state index contributed by atoms with van der Waals surface area (Å²) in [5.41, 5.74) is 6.52. The van der Waals surface area contributed by atoms with Crippen molar-refractivity contribution < 1.29 is 38.1 Å². The number of H-pyrrole nitrogens is 2. The minimum absolute atomic E-state index is 0.0792. The van der Waals surface area contributed by atoms with Crippen LogP contribution in [-0.4, -0.2) is 107 Å². The Morgan fingerprint density at radius 3 is 2.16 bits per heavy atom. The Bertz CT molecular complexity index is 2550. The van der Waals surface area contributed by atoms with Gasteiger partial charge in [0.1, 0.15) is 36.1 Å². The number of carbonyl (C=O) groups is 4. The van der Waals surface area contributed by atoms with Gasteiger partial charge >= 0.3 is 12.2 Å². The number of aromatic nitrogens is 4. The van der Waals surface area contributed by atoms with Crippen molar-refractivity contribution in [2.75, 3.05) is 41.0 Å². The number of hydrogen-bond acceptors (Lipinski definition) is 10. The second-order valence-electron chi connectivity index (χ2n) is 17.9. The molecule has 3 aromatic carbocycles. The molecular weight excluding hydrogens is 817 g/mol. The van der Waals surface area contributed by atoms with E-state index in [2.05, 4.69) is 63.9 Å². The number of alkyl carbamates (subject to hydrolysis) is 2. The third-order valence-corrected chi connectivity index (χ3v) is 13.6. The Labute approximate surface area is 373 Å². The number of ether oxygens (including phenoxy) is 4. The molecule has 2 fully saturated rings. The van der Waals surface area contributed by atoms with Crippen molar-refractivity contribution in [2.45, 2.75) is 91.1 Å². The number of nitrogens with one attached hydrogen (secondary N) is 4. The van der Waals surface area contributed by atoms with Crippen molar-refractivity contribution in [3.05, 3.63) is 65.9 Å². The molecule has 5 aromatic rings. The summed E-state index contributed by atoms with van der Waals surface area (Å²) in [6.07, 6.45) is 3.38. The van der Waals surface area contributed by atoms with Crippen LogP contribution in [0.3, 0.4) is 0 Å². The summed E-state index contributed by atoms with van der Waals surface area (Å²) < 4.78 is 21.7. The van der Waals surface area contributed by atoms with Gasteiger partial charge in [0.05, 0.1) is 55.8 Å². The molecule has 340 valence electrons. The highest BCUT2D eigenvalue weighted by Crippen LogP contribution is 2.44. The Morgan fingerprint density at radius 1 is 0.828 bits per heavy atom. The Balaban J connectivity index is 1.05. The van der Waals surface area contributed by atoms with Gasteiger partial charge in [0.15, 0.2) is 0 Å². The molecule has 4 unspecified atom stereocenters. The summed E-state index contributed by atoms with van der Waals surface area (Å²) in [5, 5.41) is 7.49. The zero-order valence-electron chi connectivity index (χ0n) is 37.9. The molecule has 0 bridgehead atoms. The van der Waals surface area contributed by atoms with Crippen LogP contribution < -0.4 is 15.4 Å². The molecule has 8 rings (SSSR count). The van der Waals surface area contributed by atoms with Gasteiger partial charge in [0, 0.05) is 37.1 Å². The summed E-state index contributed by atoms with van der Waals surface area (Å²) in [6.45, 7) is 11.9. The Hall–Kier alpha value is -6.16. The van der Waals surface area contributed by atoms with Crippen LogP contribution in [0.2, 0.25) is 0 Å². The van der Waals surface area contributed by atoms with Gasteiger partial charge in [-0.3, -0.25) is 9.59 Å². The smallest absolute Gasteiger partial charge is 0.407 e. The monoisotopic (exact) mass is 876 g/mol. The molecule has 0 saturated carbocycles. The van der Waals surface area contributed by atoms with E-state index in [4.69, 9.17) is 28.9 Å². The predicted molar refractivity (Wildman–Crippen MR) is 241 cm³/mol. The molecule has 5 heterocycles. The summed E-state index contributed by atoms with van der Waals surface area (Å²) >= 11 is 0. The standard InChI is InChI=1S/C48H60N8O8/c1-9-26(4)40(53-47(59)62-7)45(57)55-21-25(3)15-37(55)43-49-20-36(51-43)30-11-13-32-31(17-30)24-64-39-19-33-29(18-34(32)39)12-14-35-42(33)52-44(50-35)38-16-28(23-61-6)22-56(38)46(58)41(27(5)10-2)54-48(60)63-8/h11-14,17-20,25-28,37-38,40-41H,9-10,15-16,21-24H2,1-8H3,(H,49,51)(H,50,52)(H,53,59)(H,54,60)/t25-,26?,27?,28-,37?,38-,40+,41?/m0/s1. The number of methoxy groups -OCH3 is 3. The second-order valence-corrected chi connectivity index (χ2v) is 17.9. The van der Waals surface area contributed by atoms with Crippen LogP contribution in [0.15, 0.2) is 48.7 Å². The van der Waals surface area contributed by atoms with Gasteiger partial charge < -0.3 is 49.3 Å². The van der Waals surface area contributed by atoms with Crippen molar-refractivity contribution in [3.63, 3.8) is 0 Å². The highest BCUT2D eigenvalue weighted by molar-refractivity contribution is 6.07. The van der Waals surface area contributed by atoms with E-state index in [1.165, 1.54) is 14.2 Å². The van der Waals surface area contributed by atoms with Gasteiger partial charge in [-0.25, -0.2) is 19.6 Å². The zero-order valence-corrected chi connectivity index (χ0v) is 37.9. The molecule has 3 aliphatic heterocycles. The highest BCUT2D eigenvalue weighted by atomic mass is 16.5. The van der Waals surface area contributed by atoms with Crippen LogP contribution >= 0.6 is 0 Å². The molecule has 0 aliphatic carbocycles. The fourth-order valence-corrected chi connectivity index (χ4v) is 9.71. The van der Waals surface area contributed by atoms with Crippen LogP contribution in [-0.2, 0) is 30.4 Å². The van der Waals surface area contributed by atoms with Crippen molar-refractivity contribution in [3.8, 4) is 28.1 Å². The Morgan fingerprint density at radius 2 is 1.50 bits per heavy atom. The highest BCUT2D eigenvalue weighted by Gasteiger charge is 2.43. The zero-order chi connectivity index (χ0) is 45.4. The van der Waals surface area contributed by atoms with Gasteiger partial charge in [-0.15, -0.1) is 0 Å². The predicted octanol–water partition coefficient (Wildman–Crippen LogP) is 7.65. The normalized spacial score (nSPS) is 21.1. The van der Waals surface area contributed by atoms with E-state index in [0.717, 1.165) is 68.3 Å². The molecular formula is C48H60N8O8. The first-order chi connectivity index (χ1) is 30.8. The molecule has 4 amide bonds. The van der Waals surface area contributed by atoms with E-state index in [0.29, 0.717) is 50.8 Å². The average Bonchev–Trinajstić information content (AvgIpc) is 4.14. The van der Waals surface area contributed by atoms with Gasteiger partial charge in [-0.2, -0.15) is 0 Å². The van der Waals surface area contributed by atoms with Crippen molar-refractivity contribution in [2.24, 2.45) is 23.7 Å². The van der Waals surface area contributed by atoms with Gasteiger partial charge in [-0.05, 0) is 76.9 Å². The molecule has 2 aromatic heterocycles. The average molecular weight is 877 g/mol. The van der Waals surface area contributed by atoms with Crippen molar-refractivity contribution in [1.82, 2.24) is 40.4 Å². The number of amides is 4. The van der Waals surface area contributed by atoms with Crippen LogP contribution in [0.4, 0.5) is 9.59 Å². The first-order valence-corrected chi connectivity index (χ1v) is 22.4. The molecule has 4 N–H and O–H groups in total. The number of nitrogens with zero attached hydrogens (tertiary/aromatic N) is 4. The van der Waals surface area contributed by atoms with Crippen molar-refractivity contribution in [1.29, 1.82) is 0 Å². The van der Waals surface area contributed by atoms with Gasteiger partial charge in [-0.1, -0.05) is 65.7 Å². The number of hydrogen-bond donors (Lipinski definition) is 4. The molecule has 0 radical (unpaired) electrons. The maximum atomic E-state index is 14.2. The quantitative estimate of drug-likeness (QED) is 0.0913. The first-order valence-electron chi connectivity index (χ1n) is 22.4. The molecule has 0 spiro atoms. The lowest BCUT2D eigenvalue weighted by atomic mass is 9.92. The van der Waals surface area contributed by atoms with E-state index >= 15 is 0 Å². The summed E-state index contributed by atoms with van der Waals surface area (Å²) in [4.78, 5) is 73.4. The number of imidazole rings is 2. The van der Waals surface area contributed by atoms with Crippen molar-refractivity contribution >= 4 is 45.8 Å². The van der Waals surface area contributed by atoms with E-state index in [9.17, 15) is 19.2 Å². The third kappa shape index (κ3) is 8.47. The SMILES string of the molecule is CCC(C)C(NC(=O)OC)C(=O)N1C[C@@H](COC)C[C@H]1c1nc2c(ccc3cc4c(cc32)OCc2cc(-c3cnc(C5C[C@H](C)CN5C(=O)[C@H](NC(=O)OC)C(C)CC)[nH]3)ccc2-4)[nH]1. The van der Waals surface area contributed by atoms with E-state index in [-0.39, 0.29) is 47.6 Å². The largest absolute Gasteiger partial charge is 0.488 e. The lowest BCUT2D eigenvalue weighted by Crippen LogP contribution is -2.51. The van der Waals surface area contributed by atoms with E-state index < -0.39 is 24.3 Å². The summed E-state index contributed by atoms with van der Waals surface area (Å²) in [7, 11) is 4.26. The first kappa shape index (κ1) is 44.4. The molecule has 16 nitrogen and oxygen atoms in total. The molecule has 3 aliphatic rings. The fraction of sp³-hybridized carbons (Fsp3) is 0.500. The summed E-state index contributed by atoms with van der Waals surface area (Å²) in [6, 6.07) is 12.6. The second kappa shape index (κ2) is 18.5. The minimum Gasteiger partial charge on any atom is -0.488 e. The maximum Gasteiger partial charge on any atom is 0.407 e. The number of aromatic amines is 2. The summed E-state index contributed by atoms with van der Waals surface area (Å²) in [5.74, 6) is 2.00. The van der Waals surface area contributed by atoms with Gasteiger partial charge in [0.25, 0.3) is 0 Å². The Kier molecular flexibility index (Phi) is 12.9.